The fraction of sp³-hybridized carbons (Fsp3) is 0.500. The van der Waals surface area contributed by atoms with E-state index in [0.29, 0.717) is 6.61 Å². The molecule has 1 amide bonds. The van der Waals surface area contributed by atoms with Crippen LogP contribution in [0, 0.1) is 0 Å². The second-order valence-electron chi connectivity index (χ2n) is 5.10. The van der Waals surface area contributed by atoms with Gasteiger partial charge in [0.05, 0.1) is 12.3 Å². The summed E-state index contributed by atoms with van der Waals surface area (Å²) in [7, 11) is 0. The molecular weight excluding hydrogens is 214 g/mol. The molecule has 0 atom stereocenters. The second kappa shape index (κ2) is 4.06. The van der Waals surface area contributed by atoms with E-state index in [1.807, 2.05) is 24.0 Å². The first kappa shape index (κ1) is 12.0. The molecule has 1 aliphatic heterocycles. The Kier molecular flexibility index (Phi) is 2.86. The van der Waals surface area contributed by atoms with Crippen molar-refractivity contribution in [2.75, 3.05) is 18.1 Å². The van der Waals surface area contributed by atoms with E-state index in [4.69, 9.17) is 4.74 Å². The highest BCUT2D eigenvalue weighted by molar-refractivity contribution is 5.95. The van der Waals surface area contributed by atoms with E-state index in [9.17, 15) is 4.79 Å². The molecule has 0 saturated carbocycles. The Balaban J connectivity index is 2.47. The summed E-state index contributed by atoms with van der Waals surface area (Å²) in [6.45, 7) is 9.28. The van der Waals surface area contributed by atoms with Gasteiger partial charge in [-0.1, -0.05) is 19.9 Å². The third-order valence-electron chi connectivity index (χ3n) is 3.23. The highest BCUT2D eigenvalue weighted by atomic mass is 16.5. The first-order valence-corrected chi connectivity index (χ1v) is 6.01. The first-order valence-electron chi connectivity index (χ1n) is 6.01. The van der Waals surface area contributed by atoms with Gasteiger partial charge in [-0.15, -0.1) is 0 Å². The fourth-order valence-corrected chi connectivity index (χ4v) is 2.41. The number of ether oxygens (including phenoxy) is 1. The van der Waals surface area contributed by atoms with Crippen LogP contribution in [0.2, 0.25) is 0 Å². The molecule has 0 N–H and O–H groups in total. The van der Waals surface area contributed by atoms with Gasteiger partial charge in [0.15, 0.2) is 0 Å². The predicted molar refractivity (Wildman–Crippen MR) is 68.7 cm³/mol. The summed E-state index contributed by atoms with van der Waals surface area (Å²) < 4.78 is 5.49. The van der Waals surface area contributed by atoms with Gasteiger partial charge in [-0.05, 0) is 18.6 Å². The predicted octanol–water partition coefficient (Wildman–Crippen LogP) is 2.73. The summed E-state index contributed by atoms with van der Waals surface area (Å²) in [5.41, 5.74) is 2.23. The van der Waals surface area contributed by atoms with Crippen LogP contribution >= 0.6 is 0 Å². The minimum Gasteiger partial charge on any atom is -0.494 e. The molecule has 1 heterocycles. The number of anilines is 1. The molecular formula is C14H19NO2. The van der Waals surface area contributed by atoms with Crippen LogP contribution in [0.1, 0.15) is 33.3 Å². The maximum absolute atomic E-state index is 11.7. The first-order chi connectivity index (χ1) is 7.95. The molecule has 0 unspecified atom stereocenters. The van der Waals surface area contributed by atoms with E-state index in [-0.39, 0.29) is 11.3 Å². The summed E-state index contributed by atoms with van der Waals surface area (Å²) in [6, 6.07) is 6.02. The highest BCUT2D eigenvalue weighted by Gasteiger charge is 2.36. The number of amides is 1. The van der Waals surface area contributed by atoms with Gasteiger partial charge < -0.3 is 9.64 Å². The lowest BCUT2D eigenvalue weighted by Gasteiger charge is -2.19. The van der Waals surface area contributed by atoms with Crippen LogP contribution in [0.5, 0.6) is 5.75 Å². The average Bonchev–Trinajstić information content (AvgIpc) is 2.51. The summed E-state index contributed by atoms with van der Waals surface area (Å²) in [4.78, 5) is 13.5. The van der Waals surface area contributed by atoms with Gasteiger partial charge >= 0.3 is 0 Å². The van der Waals surface area contributed by atoms with Crippen LogP contribution < -0.4 is 9.64 Å². The van der Waals surface area contributed by atoms with Gasteiger partial charge in [0.2, 0.25) is 5.91 Å². The Morgan fingerprint density at radius 3 is 2.76 bits per heavy atom. The Morgan fingerprint density at radius 2 is 2.18 bits per heavy atom. The lowest BCUT2D eigenvalue weighted by atomic mass is 9.87. The molecule has 1 aromatic rings. The summed E-state index contributed by atoms with van der Waals surface area (Å²) >= 11 is 0. The summed E-state index contributed by atoms with van der Waals surface area (Å²) in [5, 5.41) is 0. The van der Waals surface area contributed by atoms with E-state index in [2.05, 4.69) is 19.9 Å². The van der Waals surface area contributed by atoms with E-state index >= 15 is 0 Å². The minimum absolute atomic E-state index is 0.0196. The molecule has 1 aliphatic rings. The Labute approximate surface area is 102 Å². The van der Waals surface area contributed by atoms with Gasteiger partial charge in [-0.25, -0.2) is 0 Å². The normalized spacial score (nSPS) is 16.8. The van der Waals surface area contributed by atoms with Crippen LogP contribution in [0.25, 0.3) is 0 Å². The standard InChI is InChI=1S/C14H19NO2/c1-5-17-11-6-7-12-13(8-11)15(10(2)16)9-14(12,3)4/h6-8H,5,9H2,1-4H3. The number of hydrogen-bond donors (Lipinski definition) is 0. The van der Waals surface area contributed by atoms with Crippen molar-refractivity contribution in [3.05, 3.63) is 23.8 Å². The molecule has 0 fully saturated rings. The number of nitrogens with zero attached hydrogens (tertiary/aromatic N) is 1. The monoisotopic (exact) mass is 233 g/mol. The highest BCUT2D eigenvalue weighted by Crippen LogP contribution is 2.42. The number of carbonyl (C=O) groups excluding carboxylic acids is 1. The van der Waals surface area contributed by atoms with Crippen molar-refractivity contribution in [2.45, 2.75) is 33.1 Å². The number of fused-ring (bicyclic) bond motifs is 1. The zero-order valence-corrected chi connectivity index (χ0v) is 10.9. The zero-order valence-electron chi connectivity index (χ0n) is 10.9. The zero-order chi connectivity index (χ0) is 12.6. The maximum atomic E-state index is 11.7. The Morgan fingerprint density at radius 1 is 1.47 bits per heavy atom. The van der Waals surface area contributed by atoms with Crippen LogP contribution in [0.4, 0.5) is 5.69 Å². The van der Waals surface area contributed by atoms with Gasteiger partial charge in [-0.2, -0.15) is 0 Å². The molecule has 0 saturated heterocycles. The molecule has 0 radical (unpaired) electrons. The van der Waals surface area contributed by atoms with Gasteiger partial charge in [-0.3, -0.25) is 4.79 Å². The lowest BCUT2D eigenvalue weighted by Crippen LogP contribution is -2.31. The SMILES string of the molecule is CCOc1ccc2c(c1)N(C(C)=O)CC2(C)C. The minimum atomic E-state index is 0.0196. The van der Waals surface area contributed by atoms with Gasteiger partial charge in [0.25, 0.3) is 0 Å². The van der Waals surface area contributed by atoms with Gasteiger partial charge in [0, 0.05) is 24.9 Å². The summed E-state index contributed by atoms with van der Waals surface area (Å²) in [6.07, 6.45) is 0. The van der Waals surface area contributed by atoms with Crippen molar-refractivity contribution in [1.82, 2.24) is 0 Å². The molecule has 0 bridgehead atoms. The number of carbonyl (C=O) groups is 1. The van der Waals surface area contributed by atoms with Crippen molar-refractivity contribution in [2.24, 2.45) is 0 Å². The largest absolute Gasteiger partial charge is 0.494 e. The van der Waals surface area contributed by atoms with Crippen LogP contribution in [-0.4, -0.2) is 19.1 Å². The molecule has 0 aromatic heterocycles. The van der Waals surface area contributed by atoms with Crippen LogP contribution in [0.3, 0.4) is 0 Å². The smallest absolute Gasteiger partial charge is 0.223 e. The average molecular weight is 233 g/mol. The molecule has 3 heteroatoms. The molecule has 0 spiro atoms. The van der Waals surface area contributed by atoms with Gasteiger partial charge in [0.1, 0.15) is 5.75 Å². The molecule has 2 rings (SSSR count). The van der Waals surface area contributed by atoms with Crippen molar-refractivity contribution in [1.29, 1.82) is 0 Å². The van der Waals surface area contributed by atoms with Crippen molar-refractivity contribution in [3.8, 4) is 5.75 Å². The Hall–Kier alpha value is -1.51. The van der Waals surface area contributed by atoms with E-state index < -0.39 is 0 Å². The van der Waals surface area contributed by atoms with Crippen molar-refractivity contribution in [3.63, 3.8) is 0 Å². The van der Waals surface area contributed by atoms with E-state index in [1.165, 1.54) is 5.56 Å². The van der Waals surface area contributed by atoms with Crippen molar-refractivity contribution < 1.29 is 9.53 Å². The number of rotatable bonds is 2. The van der Waals surface area contributed by atoms with Crippen LogP contribution in [-0.2, 0) is 10.2 Å². The van der Waals surface area contributed by atoms with Crippen LogP contribution in [0.15, 0.2) is 18.2 Å². The third kappa shape index (κ3) is 2.02. The topological polar surface area (TPSA) is 29.5 Å². The second-order valence-corrected chi connectivity index (χ2v) is 5.10. The molecule has 0 aliphatic carbocycles. The molecule has 3 nitrogen and oxygen atoms in total. The molecule has 17 heavy (non-hydrogen) atoms. The fourth-order valence-electron chi connectivity index (χ4n) is 2.41. The Bertz CT molecular complexity index is 452. The van der Waals surface area contributed by atoms with E-state index in [0.717, 1.165) is 18.0 Å². The number of hydrogen-bond acceptors (Lipinski definition) is 2. The lowest BCUT2D eigenvalue weighted by molar-refractivity contribution is -0.116. The maximum Gasteiger partial charge on any atom is 0.223 e. The third-order valence-corrected chi connectivity index (χ3v) is 3.23. The van der Waals surface area contributed by atoms with Crippen molar-refractivity contribution >= 4 is 11.6 Å². The molecule has 92 valence electrons. The summed E-state index contributed by atoms with van der Waals surface area (Å²) in [5.74, 6) is 0.917. The van der Waals surface area contributed by atoms with E-state index in [1.54, 1.807) is 6.92 Å². The number of benzene rings is 1. The molecule has 1 aromatic carbocycles. The quantitative estimate of drug-likeness (QED) is 0.786.